The number of anilines is 2. The van der Waals surface area contributed by atoms with Crippen molar-refractivity contribution in [3.05, 3.63) is 12.5 Å². The van der Waals surface area contributed by atoms with Gasteiger partial charge in [0.25, 0.3) is 0 Å². The van der Waals surface area contributed by atoms with Crippen LogP contribution in [-0.2, 0) is 0 Å². The number of nitrogens with one attached hydrogen (secondary N) is 1. The van der Waals surface area contributed by atoms with Gasteiger partial charge in [-0.1, -0.05) is 0 Å². The van der Waals surface area contributed by atoms with E-state index < -0.39 is 0 Å². The Kier molecular flexibility index (Phi) is 2.22. The molecule has 0 saturated heterocycles. The number of hydrogen-bond donors (Lipinski definition) is 2. The highest BCUT2D eigenvalue weighted by Crippen LogP contribution is 2.29. The highest BCUT2D eigenvalue weighted by Gasteiger charge is 2.13. The third-order valence-corrected chi connectivity index (χ3v) is 2.46. The number of rotatable bonds is 2. The van der Waals surface area contributed by atoms with Crippen molar-refractivity contribution < 1.29 is 0 Å². The van der Waals surface area contributed by atoms with Crippen molar-refractivity contribution in [1.82, 2.24) is 14.5 Å². The van der Waals surface area contributed by atoms with E-state index in [1.165, 1.54) is 6.33 Å². The molecule has 0 aliphatic heterocycles. The van der Waals surface area contributed by atoms with Crippen LogP contribution in [0.3, 0.4) is 0 Å². The molecular formula is C10H15N5. The smallest absolute Gasteiger partial charge is 0.147 e. The van der Waals surface area contributed by atoms with Gasteiger partial charge in [0.1, 0.15) is 17.8 Å². The molecule has 0 spiro atoms. The molecule has 2 rings (SSSR count). The Labute approximate surface area is 88.3 Å². The van der Waals surface area contributed by atoms with E-state index in [1.807, 2.05) is 13.2 Å². The van der Waals surface area contributed by atoms with Gasteiger partial charge in [0.15, 0.2) is 0 Å². The minimum atomic E-state index is 0.351. The van der Waals surface area contributed by atoms with E-state index in [0.29, 0.717) is 11.9 Å². The molecule has 0 aromatic carbocycles. The summed E-state index contributed by atoms with van der Waals surface area (Å²) in [6.07, 6.45) is 3.51. The van der Waals surface area contributed by atoms with E-state index in [4.69, 9.17) is 5.73 Å². The standard InChI is InChI=1S/C10H15N5/c1-6(2)15-4-7(12-3)8-9(11)13-5-14-10(8)15/h4-6,12H,1-3H3,(H2,11,13,14). The van der Waals surface area contributed by atoms with E-state index in [0.717, 1.165) is 16.7 Å². The maximum absolute atomic E-state index is 5.84. The first-order valence-electron chi connectivity index (χ1n) is 4.94. The number of nitrogen functional groups attached to an aromatic ring is 1. The van der Waals surface area contributed by atoms with Gasteiger partial charge in [-0.25, -0.2) is 9.97 Å². The van der Waals surface area contributed by atoms with E-state index in [2.05, 4.69) is 33.7 Å². The lowest BCUT2D eigenvalue weighted by atomic mass is 10.3. The van der Waals surface area contributed by atoms with Crippen LogP contribution in [0.5, 0.6) is 0 Å². The fourth-order valence-corrected chi connectivity index (χ4v) is 1.69. The zero-order valence-corrected chi connectivity index (χ0v) is 9.15. The summed E-state index contributed by atoms with van der Waals surface area (Å²) in [6.45, 7) is 4.22. The molecule has 2 heterocycles. The third kappa shape index (κ3) is 1.40. The Bertz CT molecular complexity index is 486. The summed E-state index contributed by atoms with van der Waals surface area (Å²) >= 11 is 0. The lowest BCUT2D eigenvalue weighted by Gasteiger charge is -2.07. The first kappa shape index (κ1) is 9.76. The first-order valence-corrected chi connectivity index (χ1v) is 4.94. The Morgan fingerprint density at radius 1 is 1.40 bits per heavy atom. The zero-order chi connectivity index (χ0) is 11.0. The van der Waals surface area contributed by atoms with Crippen molar-refractivity contribution in [2.45, 2.75) is 19.9 Å². The van der Waals surface area contributed by atoms with Crippen LogP contribution in [0.2, 0.25) is 0 Å². The average Bonchev–Trinajstić information content (AvgIpc) is 2.58. The maximum atomic E-state index is 5.84. The molecule has 0 atom stereocenters. The molecule has 0 bridgehead atoms. The second-order valence-electron chi connectivity index (χ2n) is 3.75. The molecule has 0 radical (unpaired) electrons. The minimum absolute atomic E-state index is 0.351. The lowest BCUT2D eigenvalue weighted by molar-refractivity contribution is 0.618. The maximum Gasteiger partial charge on any atom is 0.147 e. The second-order valence-corrected chi connectivity index (χ2v) is 3.75. The summed E-state index contributed by atoms with van der Waals surface area (Å²) in [5.41, 5.74) is 7.69. The van der Waals surface area contributed by atoms with Crippen LogP contribution in [0.4, 0.5) is 11.5 Å². The topological polar surface area (TPSA) is 68.8 Å². The van der Waals surface area contributed by atoms with Crippen molar-refractivity contribution >= 4 is 22.5 Å². The molecule has 0 fully saturated rings. The van der Waals surface area contributed by atoms with Crippen LogP contribution < -0.4 is 11.1 Å². The number of nitrogens with zero attached hydrogens (tertiary/aromatic N) is 3. The quantitative estimate of drug-likeness (QED) is 0.782. The van der Waals surface area contributed by atoms with Crippen LogP contribution in [0, 0.1) is 0 Å². The summed E-state index contributed by atoms with van der Waals surface area (Å²) in [5, 5.41) is 4.00. The number of nitrogens with two attached hydrogens (primary N) is 1. The number of aromatic nitrogens is 3. The van der Waals surface area contributed by atoms with Crippen LogP contribution >= 0.6 is 0 Å². The molecule has 2 aromatic heterocycles. The van der Waals surface area contributed by atoms with E-state index >= 15 is 0 Å². The monoisotopic (exact) mass is 205 g/mol. The van der Waals surface area contributed by atoms with Crippen molar-refractivity contribution in [3.8, 4) is 0 Å². The SMILES string of the molecule is CNc1cn(C(C)C)c2ncnc(N)c12. The molecule has 5 heteroatoms. The molecule has 5 nitrogen and oxygen atoms in total. The van der Waals surface area contributed by atoms with Crippen molar-refractivity contribution in [2.24, 2.45) is 0 Å². The van der Waals surface area contributed by atoms with Crippen LogP contribution in [0.15, 0.2) is 12.5 Å². The molecule has 0 amide bonds. The molecule has 0 saturated carbocycles. The summed E-state index contributed by atoms with van der Waals surface area (Å²) < 4.78 is 2.08. The Hall–Kier alpha value is -1.78. The Morgan fingerprint density at radius 2 is 2.13 bits per heavy atom. The van der Waals surface area contributed by atoms with Crippen LogP contribution in [-0.4, -0.2) is 21.6 Å². The molecule has 3 N–H and O–H groups in total. The summed E-state index contributed by atoms with van der Waals surface area (Å²) in [5.74, 6) is 0.517. The Morgan fingerprint density at radius 3 is 2.73 bits per heavy atom. The fraction of sp³-hybridized carbons (Fsp3) is 0.400. The van der Waals surface area contributed by atoms with Crippen molar-refractivity contribution in [1.29, 1.82) is 0 Å². The van der Waals surface area contributed by atoms with Crippen molar-refractivity contribution in [2.75, 3.05) is 18.1 Å². The van der Waals surface area contributed by atoms with Gasteiger partial charge in [0.05, 0.1) is 11.1 Å². The van der Waals surface area contributed by atoms with Gasteiger partial charge in [0, 0.05) is 19.3 Å². The highest BCUT2D eigenvalue weighted by atomic mass is 15.1. The predicted octanol–water partition coefficient (Wildman–Crippen LogP) is 1.64. The highest BCUT2D eigenvalue weighted by molar-refractivity contribution is 5.98. The Balaban J connectivity index is 2.81. The zero-order valence-electron chi connectivity index (χ0n) is 9.15. The van der Waals surface area contributed by atoms with Crippen LogP contribution in [0.1, 0.15) is 19.9 Å². The van der Waals surface area contributed by atoms with Gasteiger partial charge >= 0.3 is 0 Å². The summed E-state index contributed by atoms with van der Waals surface area (Å²) in [6, 6.07) is 0.351. The van der Waals surface area contributed by atoms with Gasteiger partial charge in [-0.15, -0.1) is 0 Å². The summed E-state index contributed by atoms with van der Waals surface area (Å²) in [4.78, 5) is 8.27. The van der Waals surface area contributed by atoms with Crippen molar-refractivity contribution in [3.63, 3.8) is 0 Å². The van der Waals surface area contributed by atoms with Gasteiger partial charge in [-0.2, -0.15) is 0 Å². The third-order valence-electron chi connectivity index (χ3n) is 2.46. The van der Waals surface area contributed by atoms with Crippen LogP contribution in [0.25, 0.3) is 11.0 Å². The normalized spacial score (nSPS) is 11.2. The number of hydrogen-bond acceptors (Lipinski definition) is 4. The minimum Gasteiger partial charge on any atom is -0.386 e. The van der Waals surface area contributed by atoms with E-state index in [1.54, 1.807) is 0 Å². The van der Waals surface area contributed by atoms with Gasteiger partial charge < -0.3 is 15.6 Å². The van der Waals surface area contributed by atoms with Gasteiger partial charge in [-0.3, -0.25) is 0 Å². The lowest BCUT2D eigenvalue weighted by Crippen LogP contribution is -2.00. The molecule has 80 valence electrons. The fourth-order valence-electron chi connectivity index (χ4n) is 1.69. The molecular weight excluding hydrogens is 190 g/mol. The largest absolute Gasteiger partial charge is 0.386 e. The summed E-state index contributed by atoms with van der Waals surface area (Å²) in [7, 11) is 1.87. The molecule has 2 aromatic rings. The second kappa shape index (κ2) is 3.42. The molecule has 0 aliphatic carbocycles. The first-order chi connectivity index (χ1) is 7.15. The number of fused-ring (bicyclic) bond motifs is 1. The average molecular weight is 205 g/mol. The van der Waals surface area contributed by atoms with Gasteiger partial charge in [0.2, 0.25) is 0 Å². The molecule has 0 aliphatic rings. The van der Waals surface area contributed by atoms with Gasteiger partial charge in [-0.05, 0) is 13.8 Å². The van der Waals surface area contributed by atoms with E-state index in [9.17, 15) is 0 Å². The predicted molar refractivity (Wildman–Crippen MR) is 61.9 cm³/mol. The van der Waals surface area contributed by atoms with E-state index in [-0.39, 0.29) is 0 Å². The molecule has 15 heavy (non-hydrogen) atoms. The molecule has 0 unspecified atom stereocenters.